The van der Waals surface area contributed by atoms with Crippen molar-refractivity contribution in [2.75, 3.05) is 7.11 Å². The lowest BCUT2D eigenvalue weighted by atomic mass is 9.85. The summed E-state index contributed by atoms with van der Waals surface area (Å²) in [5.74, 6) is -1.06. The number of carbonyl (C=O) groups excluding carboxylic acids is 1. The van der Waals surface area contributed by atoms with E-state index in [-0.39, 0.29) is 5.41 Å². The fourth-order valence-electron chi connectivity index (χ4n) is 1.15. The summed E-state index contributed by atoms with van der Waals surface area (Å²) in [5.41, 5.74) is -0.356. The number of ether oxygens (including phenoxy) is 3. The smallest absolute Gasteiger partial charge is 0.438 e. The summed E-state index contributed by atoms with van der Waals surface area (Å²) < 4.78 is 14.9. The maximum Gasteiger partial charge on any atom is 0.510 e. The second-order valence-electron chi connectivity index (χ2n) is 4.09. The normalized spacial score (nSPS) is 26.3. The van der Waals surface area contributed by atoms with Crippen LogP contribution in [0, 0.1) is 12.0 Å². The molecule has 0 aromatic heterocycles. The minimum absolute atomic E-state index is 0.356. The van der Waals surface area contributed by atoms with Crippen LogP contribution in [0.1, 0.15) is 20.8 Å². The number of rotatable bonds is 1. The summed E-state index contributed by atoms with van der Waals surface area (Å²) in [6.07, 6.45) is 2.65. The highest BCUT2D eigenvalue weighted by Crippen LogP contribution is 2.40. The molecule has 1 heterocycles. The zero-order valence-electron chi connectivity index (χ0n) is 8.87. The highest BCUT2D eigenvalue weighted by Gasteiger charge is 2.47. The van der Waals surface area contributed by atoms with E-state index in [0.717, 1.165) is 0 Å². The Labute approximate surface area is 83.8 Å². The molecule has 14 heavy (non-hydrogen) atoms. The van der Waals surface area contributed by atoms with E-state index in [0.29, 0.717) is 0 Å². The number of hydrogen-bond acceptors (Lipinski definition) is 4. The van der Waals surface area contributed by atoms with E-state index in [2.05, 4.69) is 4.74 Å². The molecule has 0 aliphatic carbocycles. The predicted octanol–water partition coefficient (Wildman–Crippen LogP) is 2.26. The van der Waals surface area contributed by atoms with Gasteiger partial charge in [-0.1, -0.05) is 26.8 Å². The van der Waals surface area contributed by atoms with Crippen molar-refractivity contribution in [2.24, 2.45) is 5.41 Å². The Kier molecular flexibility index (Phi) is 2.85. The van der Waals surface area contributed by atoms with Gasteiger partial charge in [0.05, 0.1) is 7.11 Å². The van der Waals surface area contributed by atoms with Gasteiger partial charge in [-0.05, 0) is 6.08 Å². The largest absolute Gasteiger partial charge is 0.510 e. The molecule has 1 rings (SSSR count). The lowest BCUT2D eigenvalue weighted by Gasteiger charge is -2.37. The topological polar surface area (TPSA) is 44.8 Å². The van der Waals surface area contributed by atoms with E-state index >= 15 is 0 Å². The van der Waals surface area contributed by atoms with Gasteiger partial charge in [0.2, 0.25) is 5.79 Å². The van der Waals surface area contributed by atoms with Gasteiger partial charge < -0.3 is 14.2 Å². The predicted molar refractivity (Wildman–Crippen MR) is 50.2 cm³/mol. The molecule has 0 N–H and O–H groups in total. The third-order valence-electron chi connectivity index (χ3n) is 2.08. The third kappa shape index (κ3) is 1.90. The Bertz CT molecular complexity index is 251. The van der Waals surface area contributed by atoms with Gasteiger partial charge >= 0.3 is 6.16 Å². The van der Waals surface area contributed by atoms with Crippen molar-refractivity contribution < 1.29 is 19.0 Å². The zero-order valence-corrected chi connectivity index (χ0v) is 8.87. The average Bonchev–Trinajstić information content (AvgIpc) is 2.52. The Balaban J connectivity index is 2.84. The number of methoxy groups -OCH3 is 1. The molecular weight excluding hydrogens is 184 g/mol. The van der Waals surface area contributed by atoms with Gasteiger partial charge in [0, 0.05) is 5.41 Å². The first-order chi connectivity index (χ1) is 6.41. The summed E-state index contributed by atoms with van der Waals surface area (Å²) in [6, 6.07) is 0. The van der Waals surface area contributed by atoms with Crippen molar-refractivity contribution in [3.05, 3.63) is 18.8 Å². The van der Waals surface area contributed by atoms with E-state index < -0.39 is 11.9 Å². The Morgan fingerprint density at radius 3 is 2.43 bits per heavy atom. The van der Waals surface area contributed by atoms with Crippen LogP contribution in [0.25, 0.3) is 0 Å². The monoisotopic (exact) mass is 199 g/mol. The van der Waals surface area contributed by atoms with Gasteiger partial charge in [0.1, 0.15) is 6.61 Å². The summed E-state index contributed by atoms with van der Waals surface area (Å²) in [7, 11) is 1.26. The highest BCUT2D eigenvalue weighted by molar-refractivity contribution is 5.60. The molecule has 0 amide bonds. The first-order valence-corrected chi connectivity index (χ1v) is 4.37. The lowest BCUT2D eigenvalue weighted by Crippen LogP contribution is -2.45. The van der Waals surface area contributed by atoms with Gasteiger partial charge in [-0.2, -0.15) is 0 Å². The third-order valence-corrected chi connectivity index (χ3v) is 2.08. The molecule has 1 aliphatic rings. The molecule has 4 heteroatoms. The molecule has 0 bridgehead atoms. The van der Waals surface area contributed by atoms with Crippen LogP contribution in [0.5, 0.6) is 0 Å². The molecule has 4 nitrogen and oxygen atoms in total. The SMILES string of the molecule is COC(=O)OC1(C(C)(C)C)C=C[CH]O1. The van der Waals surface area contributed by atoms with Gasteiger partial charge in [0.15, 0.2) is 0 Å². The summed E-state index contributed by atoms with van der Waals surface area (Å²) in [5, 5.41) is 0. The molecule has 0 fully saturated rings. The zero-order chi connectivity index (χ0) is 10.8. The molecule has 1 radical (unpaired) electrons. The van der Waals surface area contributed by atoms with E-state index in [4.69, 9.17) is 9.47 Å². The number of carbonyl (C=O) groups is 1. The minimum Gasteiger partial charge on any atom is -0.438 e. The fraction of sp³-hybridized carbons (Fsp3) is 0.600. The second-order valence-corrected chi connectivity index (χ2v) is 4.09. The summed E-state index contributed by atoms with van der Waals surface area (Å²) in [6.45, 7) is 7.24. The molecule has 1 atom stereocenters. The van der Waals surface area contributed by atoms with Gasteiger partial charge in [-0.3, -0.25) is 0 Å². The molecule has 0 aromatic carbocycles. The Morgan fingerprint density at radius 2 is 2.07 bits per heavy atom. The molecule has 0 spiro atoms. The van der Waals surface area contributed by atoms with Crippen molar-refractivity contribution in [3.8, 4) is 0 Å². The summed E-state index contributed by atoms with van der Waals surface area (Å²) in [4.78, 5) is 11.0. The second kappa shape index (κ2) is 3.61. The van der Waals surface area contributed by atoms with E-state index in [9.17, 15) is 4.79 Å². The standard InChI is InChI=1S/C10H15O4/c1-9(2,3)10(6-5-7-13-10)14-8(11)12-4/h5-7H,1-4H3. The van der Waals surface area contributed by atoms with Gasteiger partial charge in [0.25, 0.3) is 0 Å². The molecule has 0 saturated carbocycles. The van der Waals surface area contributed by atoms with E-state index in [1.54, 1.807) is 12.2 Å². The first-order valence-electron chi connectivity index (χ1n) is 4.37. The van der Waals surface area contributed by atoms with E-state index in [1.807, 2.05) is 20.8 Å². The van der Waals surface area contributed by atoms with Crippen LogP contribution in [-0.2, 0) is 14.2 Å². The maximum atomic E-state index is 11.0. The highest BCUT2D eigenvalue weighted by atomic mass is 16.8. The number of hydrogen-bond donors (Lipinski definition) is 0. The van der Waals surface area contributed by atoms with Crippen molar-refractivity contribution in [1.82, 2.24) is 0 Å². The van der Waals surface area contributed by atoms with Crippen LogP contribution in [-0.4, -0.2) is 19.1 Å². The maximum absolute atomic E-state index is 11.0. The van der Waals surface area contributed by atoms with Gasteiger partial charge in [-0.25, -0.2) is 4.79 Å². The van der Waals surface area contributed by atoms with Crippen molar-refractivity contribution in [2.45, 2.75) is 26.6 Å². The van der Waals surface area contributed by atoms with Crippen LogP contribution in [0.3, 0.4) is 0 Å². The molecule has 0 saturated heterocycles. The van der Waals surface area contributed by atoms with Crippen LogP contribution in [0.2, 0.25) is 0 Å². The van der Waals surface area contributed by atoms with Crippen molar-refractivity contribution in [1.29, 1.82) is 0 Å². The van der Waals surface area contributed by atoms with Gasteiger partial charge in [-0.15, -0.1) is 0 Å². The summed E-state index contributed by atoms with van der Waals surface area (Å²) >= 11 is 0. The molecule has 1 aliphatic heterocycles. The molecular formula is C10H15O4. The first kappa shape index (κ1) is 11.0. The average molecular weight is 199 g/mol. The van der Waals surface area contributed by atoms with Crippen LogP contribution in [0.15, 0.2) is 12.2 Å². The van der Waals surface area contributed by atoms with Crippen LogP contribution >= 0.6 is 0 Å². The Morgan fingerprint density at radius 1 is 1.43 bits per heavy atom. The Hall–Kier alpha value is -1.03. The molecule has 1 unspecified atom stereocenters. The van der Waals surface area contributed by atoms with Crippen LogP contribution < -0.4 is 0 Å². The lowest BCUT2D eigenvalue weighted by molar-refractivity contribution is -0.204. The molecule has 0 aromatic rings. The van der Waals surface area contributed by atoms with Crippen molar-refractivity contribution >= 4 is 6.16 Å². The van der Waals surface area contributed by atoms with Crippen LogP contribution in [0.4, 0.5) is 4.79 Å². The minimum atomic E-state index is -1.06. The van der Waals surface area contributed by atoms with E-state index in [1.165, 1.54) is 13.7 Å². The molecule has 79 valence electrons. The fourth-order valence-corrected chi connectivity index (χ4v) is 1.15. The quantitative estimate of drug-likeness (QED) is 0.607. The van der Waals surface area contributed by atoms with Crippen molar-refractivity contribution in [3.63, 3.8) is 0 Å².